The first-order valence-electron chi connectivity index (χ1n) is 7.73. The Bertz CT molecular complexity index is 867. The maximum Gasteiger partial charge on any atom is 0.164 e. The maximum absolute atomic E-state index is 13.3. The van der Waals surface area contributed by atoms with Crippen molar-refractivity contribution in [2.75, 3.05) is 37.1 Å². The summed E-state index contributed by atoms with van der Waals surface area (Å²) in [6, 6.07) is 5.09. The molecule has 0 bridgehead atoms. The zero-order valence-electron chi connectivity index (χ0n) is 12.9. The summed E-state index contributed by atoms with van der Waals surface area (Å²) in [4.78, 5) is 18.2. The number of nitrogens with zero attached hydrogens (tertiary/aromatic N) is 4. The maximum atomic E-state index is 13.3. The van der Waals surface area contributed by atoms with Crippen LogP contribution in [0.25, 0.3) is 22.4 Å². The number of morpholine rings is 1. The molecule has 1 atom stereocenters. The van der Waals surface area contributed by atoms with Gasteiger partial charge in [-0.1, -0.05) is 0 Å². The number of fused-ring (bicyclic) bond motifs is 1. The van der Waals surface area contributed by atoms with E-state index in [1.807, 2.05) is 23.2 Å². The van der Waals surface area contributed by atoms with Gasteiger partial charge >= 0.3 is 0 Å². The van der Waals surface area contributed by atoms with Crippen LogP contribution in [0.15, 0.2) is 30.6 Å². The predicted molar refractivity (Wildman–Crippen MR) is 89.5 cm³/mol. The van der Waals surface area contributed by atoms with Crippen LogP contribution in [0.1, 0.15) is 0 Å². The number of hydrogen-bond donors (Lipinski definition) is 2. The number of rotatable bonds is 3. The van der Waals surface area contributed by atoms with Crippen molar-refractivity contribution < 1.29 is 9.13 Å². The van der Waals surface area contributed by atoms with Crippen molar-refractivity contribution in [3.63, 3.8) is 0 Å². The second kappa shape index (κ2) is 6.04. The van der Waals surface area contributed by atoms with Gasteiger partial charge in [0.1, 0.15) is 24.0 Å². The number of pyridine rings is 1. The van der Waals surface area contributed by atoms with Gasteiger partial charge in [0.05, 0.1) is 19.3 Å². The highest BCUT2D eigenvalue weighted by Crippen LogP contribution is 2.28. The quantitative estimate of drug-likeness (QED) is 0.761. The van der Waals surface area contributed by atoms with E-state index in [0.717, 1.165) is 16.6 Å². The largest absolute Gasteiger partial charge is 0.384 e. The van der Waals surface area contributed by atoms with Crippen molar-refractivity contribution in [3.05, 3.63) is 30.6 Å². The lowest BCUT2D eigenvalue weighted by atomic mass is 10.1. The van der Waals surface area contributed by atoms with Crippen LogP contribution in [-0.4, -0.2) is 52.4 Å². The number of H-pyrrole nitrogens is 1. The molecule has 0 radical (unpaired) electrons. The van der Waals surface area contributed by atoms with Crippen LogP contribution in [0.5, 0.6) is 0 Å². The lowest BCUT2D eigenvalue weighted by molar-refractivity contribution is 0.0856. The third kappa shape index (κ3) is 2.54. The van der Waals surface area contributed by atoms with Gasteiger partial charge < -0.3 is 20.4 Å². The van der Waals surface area contributed by atoms with E-state index in [2.05, 4.69) is 19.9 Å². The highest BCUT2D eigenvalue weighted by molar-refractivity contribution is 5.91. The first kappa shape index (κ1) is 14.8. The summed E-state index contributed by atoms with van der Waals surface area (Å²) in [5.41, 5.74) is 7.57. The Morgan fingerprint density at radius 2 is 2.29 bits per heavy atom. The number of halogens is 1. The minimum atomic E-state index is -0.503. The monoisotopic (exact) mass is 328 g/mol. The van der Waals surface area contributed by atoms with Gasteiger partial charge in [-0.3, -0.25) is 0 Å². The van der Waals surface area contributed by atoms with E-state index in [0.29, 0.717) is 37.2 Å². The van der Waals surface area contributed by atoms with Crippen LogP contribution in [0.4, 0.5) is 16.0 Å². The Kier molecular flexibility index (Phi) is 3.73. The third-order valence-electron chi connectivity index (χ3n) is 4.13. The Morgan fingerprint density at radius 3 is 3.17 bits per heavy atom. The molecule has 8 heteroatoms. The molecule has 1 saturated heterocycles. The SMILES string of the molecule is Nc1cc(N2CCOCC2CF)nc(-c2ccnc3[nH]ccc23)n1. The summed E-state index contributed by atoms with van der Waals surface area (Å²) < 4.78 is 18.6. The van der Waals surface area contributed by atoms with E-state index in [1.54, 1.807) is 12.3 Å². The molecule has 0 aromatic carbocycles. The van der Waals surface area contributed by atoms with Crippen LogP contribution in [0.3, 0.4) is 0 Å². The molecule has 1 unspecified atom stereocenters. The minimum absolute atomic E-state index is 0.340. The van der Waals surface area contributed by atoms with Crippen LogP contribution in [0.2, 0.25) is 0 Å². The second-order valence-electron chi connectivity index (χ2n) is 5.65. The molecule has 3 aromatic heterocycles. The smallest absolute Gasteiger partial charge is 0.164 e. The Morgan fingerprint density at radius 1 is 1.38 bits per heavy atom. The summed E-state index contributed by atoms with van der Waals surface area (Å²) >= 11 is 0. The summed E-state index contributed by atoms with van der Waals surface area (Å²) in [6.45, 7) is 0.942. The first-order valence-corrected chi connectivity index (χ1v) is 7.73. The zero-order chi connectivity index (χ0) is 16.5. The average Bonchev–Trinajstić information content (AvgIpc) is 3.09. The minimum Gasteiger partial charge on any atom is -0.384 e. The molecule has 1 fully saturated rings. The van der Waals surface area contributed by atoms with Crippen molar-refractivity contribution >= 4 is 22.7 Å². The lowest BCUT2D eigenvalue weighted by Gasteiger charge is -2.35. The standard InChI is InChI=1S/C16H17FN6O/c17-8-10-9-24-6-5-23(10)14-7-13(18)21-16(22-14)12-2-4-20-15-11(12)1-3-19-15/h1-4,7,10H,5-6,8-9H2,(H,19,20)(H2,18,21,22). The molecule has 1 aliphatic heterocycles. The van der Waals surface area contributed by atoms with E-state index in [1.165, 1.54) is 0 Å². The van der Waals surface area contributed by atoms with Crippen LogP contribution < -0.4 is 10.6 Å². The van der Waals surface area contributed by atoms with Gasteiger partial charge in [-0.05, 0) is 12.1 Å². The molecule has 0 spiro atoms. The second-order valence-corrected chi connectivity index (χ2v) is 5.65. The molecule has 4 rings (SSSR count). The molecule has 24 heavy (non-hydrogen) atoms. The molecular weight excluding hydrogens is 311 g/mol. The molecule has 0 amide bonds. The molecule has 0 aliphatic carbocycles. The van der Waals surface area contributed by atoms with E-state index < -0.39 is 6.67 Å². The molecule has 124 valence electrons. The van der Waals surface area contributed by atoms with Crippen LogP contribution in [-0.2, 0) is 4.74 Å². The van der Waals surface area contributed by atoms with Gasteiger partial charge in [0, 0.05) is 36.0 Å². The number of anilines is 2. The van der Waals surface area contributed by atoms with Gasteiger partial charge in [-0.25, -0.2) is 19.3 Å². The fourth-order valence-corrected chi connectivity index (χ4v) is 2.96. The van der Waals surface area contributed by atoms with Crippen molar-refractivity contribution in [1.82, 2.24) is 19.9 Å². The molecule has 3 aromatic rings. The molecule has 3 N–H and O–H groups in total. The van der Waals surface area contributed by atoms with Crippen molar-refractivity contribution in [3.8, 4) is 11.4 Å². The van der Waals surface area contributed by atoms with E-state index >= 15 is 0 Å². The van der Waals surface area contributed by atoms with Crippen molar-refractivity contribution in [2.24, 2.45) is 0 Å². The third-order valence-corrected chi connectivity index (χ3v) is 4.13. The Balaban J connectivity index is 1.80. The van der Waals surface area contributed by atoms with E-state index in [4.69, 9.17) is 10.5 Å². The fraction of sp³-hybridized carbons (Fsp3) is 0.312. The predicted octanol–water partition coefficient (Wildman–Crippen LogP) is 1.78. The van der Waals surface area contributed by atoms with Gasteiger partial charge in [0.2, 0.25) is 0 Å². The first-order chi connectivity index (χ1) is 11.8. The number of nitrogen functional groups attached to an aromatic ring is 1. The number of aromatic nitrogens is 4. The van der Waals surface area contributed by atoms with E-state index in [9.17, 15) is 4.39 Å². The summed E-state index contributed by atoms with van der Waals surface area (Å²) in [5, 5.41) is 0.915. The van der Waals surface area contributed by atoms with Gasteiger partial charge in [-0.15, -0.1) is 0 Å². The molecular formula is C16H17FN6O. The van der Waals surface area contributed by atoms with E-state index in [-0.39, 0.29) is 6.04 Å². The number of aromatic amines is 1. The molecule has 0 saturated carbocycles. The summed E-state index contributed by atoms with van der Waals surface area (Å²) in [6.07, 6.45) is 3.51. The normalized spacial score (nSPS) is 18.2. The van der Waals surface area contributed by atoms with Gasteiger partial charge in [0.25, 0.3) is 0 Å². The Hall–Kier alpha value is -2.74. The van der Waals surface area contributed by atoms with Gasteiger partial charge in [0.15, 0.2) is 5.82 Å². The van der Waals surface area contributed by atoms with Crippen LogP contribution >= 0.6 is 0 Å². The summed E-state index contributed by atoms with van der Waals surface area (Å²) in [7, 11) is 0. The number of nitrogens with one attached hydrogen (secondary N) is 1. The average molecular weight is 328 g/mol. The van der Waals surface area contributed by atoms with Gasteiger partial charge in [-0.2, -0.15) is 0 Å². The molecule has 4 heterocycles. The zero-order valence-corrected chi connectivity index (χ0v) is 12.9. The number of alkyl halides is 1. The van der Waals surface area contributed by atoms with Crippen molar-refractivity contribution in [1.29, 1.82) is 0 Å². The summed E-state index contributed by atoms with van der Waals surface area (Å²) in [5.74, 6) is 1.46. The number of nitrogens with two attached hydrogens (primary N) is 1. The highest BCUT2D eigenvalue weighted by atomic mass is 19.1. The lowest BCUT2D eigenvalue weighted by Crippen LogP contribution is -2.47. The number of ether oxygens (including phenoxy) is 1. The fourth-order valence-electron chi connectivity index (χ4n) is 2.96. The van der Waals surface area contributed by atoms with Crippen LogP contribution in [0, 0.1) is 0 Å². The highest BCUT2D eigenvalue weighted by Gasteiger charge is 2.25. The number of hydrogen-bond acceptors (Lipinski definition) is 6. The van der Waals surface area contributed by atoms with Crippen molar-refractivity contribution in [2.45, 2.75) is 6.04 Å². The topological polar surface area (TPSA) is 93.0 Å². The molecule has 7 nitrogen and oxygen atoms in total. The Labute approximate surface area is 137 Å². The molecule has 1 aliphatic rings.